The SMILES string of the molecule is C=C(C)[C@@H](c1cccc(F)c1)N(Cc1ccccc1)C(=O)c1sccc1I. The standard InChI is InChI=1S/C22H19FINOS/c1-15(2)20(17-9-6-10-18(23)13-17)25(14-16-7-4-3-5-8-16)22(26)21-19(24)11-12-27-21/h3-13,20H,1,14H2,2H3/t20-/m0/s1. The lowest BCUT2D eigenvalue weighted by atomic mass is 9.98. The number of carbonyl (C=O) groups is 1. The predicted octanol–water partition coefficient (Wildman–Crippen LogP) is 6.45. The molecule has 0 radical (unpaired) electrons. The van der Waals surface area contributed by atoms with Crippen LogP contribution in [0.2, 0.25) is 0 Å². The minimum absolute atomic E-state index is 0.0736. The zero-order chi connectivity index (χ0) is 19.4. The maximum atomic E-state index is 13.9. The van der Waals surface area contributed by atoms with E-state index in [4.69, 9.17) is 0 Å². The van der Waals surface area contributed by atoms with E-state index in [0.717, 1.165) is 20.3 Å². The lowest BCUT2D eigenvalue weighted by Gasteiger charge is -2.33. The van der Waals surface area contributed by atoms with Crippen molar-refractivity contribution in [3.63, 3.8) is 0 Å². The number of carbonyl (C=O) groups excluding carboxylic acids is 1. The van der Waals surface area contributed by atoms with Gasteiger partial charge in [-0.2, -0.15) is 0 Å². The van der Waals surface area contributed by atoms with E-state index < -0.39 is 6.04 Å². The van der Waals surface area contributed by atoms with Crippen LogP contribution in [0, 0.1) is 9.39 Å². The number of hydrogen-bond acceptors (Lipinski definition) is 2. The van der Waals surface area contributed by atoms with E-state index >= 15 is 0 Å². The third-order valence-corrected chi connectivity index (χ3v) is 6.38. The van der Waals surface area contributed by atoms with Crippen molar-refractivity contribution in [1.29, 1.82) is 0 Å². The predicted molar refractivity (Wildman–Crippen MR) is 117 cm³/mol. The molecule has 1 atom stereocenters. The fourth-order valence-electron chi connectivity index (χ4n) is 3.04. The first-order valence-corrected chi connectivity index (χ1v) is 10.4. The molecule has 0 N–H and O–H groups in total. The molecule has 27 heavy (non-hydrogen) atoms. The molecule has 1 aromatic heterocycles. The number of amides is 1. The van der Waals surface area contributed by atoms with E-state index in [1.54, 1.807) is 11.0 Å². The zero-order valence-electron chi connectivity index (χ0n) is 14.9. The molecule has 0 fully saturated rings. The van der Waals surface area contributed by atoms with Crippen molar-refractivity contribution in [3.8, 4) is 0 Å². The molecule has 2 nitrogen and oxygen atoms in total. The Morgan fingerprint density at radius 3 is 2.52 bits per heavy atom. The van der Waals surface area contributed by atoms with Crippen LogP contribution >= 0.6 is 33.9 Å². The van der Waals surface area contributed by atoms with Crippen LogP contribution < -0.4 is 0 Å². The quantitative estimate of drug-likeness (QED) is 0.287. The third kappa shape index (κ3) is 4.65. The smallest absolute Gasteiger partial charge is 0.266 e. The highest BCUT2D eigenvalue weighted by molar-refractivity contribution is 14.1. The molecule has 2 aromatic carbocycles. The highest BCUT2D eigenvalue weighted by atomic mass is 127. The van der Waals surface area contributed by atoms with Gasteiger partial charge < -0.3 is 4.90 Å². The first kappa shape index (κ1) is 19.8. The van der Waals surface area contributed by atoms with Crippen molar-refractivity contribution >= 4 is 39.8 Å². The van der Waals surface area contributed by atoms with Crippen LogP contribution in [-0.4, -0.2) is 10.8 Å². The molecule has 1 amide bonds. The van der Waals surface area contributed by atoms with Crippen LogP contribution in [0.4, 0.5) is 4.39 Å². The second-order valence-electron chi connectivity index (χ2n) is 6.32. The normalized spacial score (nSPS) is 11.8. The van der Waals surface area contributed by atoms with Crippen molar-refractivity contribution in [2.75, 3.05) is 0 Å². The molecule has 138 valence electrons. The van der Waals surface area contributed by atoms with Crippen LogP contribution in [0.25, 0.3) is 0 Å². The molecule has 0 aliphatic heterocycles. The average Bonchev–Trinajstić information content (AvgIpc) is 3.07. The molecule has 0 unspecified atom stereocenters. The second-order valence-corrected chi connectivity index (χ2v) is 8.40. The van der Waals surface area contributed by atoms with Crippen molar-refractivity contribution in [2.24, 2.45) is 0 Å². The largest absolute Gasteiger partial charge is 0.323 e. The van der Waals surface area contributed by atoms with Gasteiger partial charge in [-0.15, -0.1) is 11.3 Å². The van der Waals surface area contributed by atoms with Gasteiger partial charge in [0.2, 0.25) is 0 Å². The summed E-state index contributed by atoms with van der Waals surface area (Å²) in [5.41, 5.74) is 2.52. The summed E-state index contributed by atoms with van der Waals surface area (Å²) in [5.74, 6) is -0.396. The van der Waals surface area contributed by atoms with Crippen LogP contribution in [0.3, 0.4) is 0 Å². The molecule has 0 aliphatic carbocycles. The van der Waals surface area contributed by atoms with Gasteiger partial charge in [-0.1, -0.05) is 54.6 Å². The molecule has 0 saturated carbocycles. The summed E-state index contributed by atoms with van der Waals surface area (Å²) in [6, 6.07) is 17.7. The van der Waals surface area contributed by atoms with Gasteiger partial charge in [-0.3, -0.25) is 4.79 Å². The molecule has 5 heteroatoms. The number of rotatable bonds is 6. The molecule has 0 saturated heterocycles. The number of thiophene rings is 1. The molecular weight excluding hydrogens is 472 g/mol. The minimum Gasteiger partial charge on any atom is -0.323 e. The number of benzene rings is 2. The van der Waals surface area contributed by atoms with E-state index in [0.29, 0.717) is 11.4 Å². The average molecular weight is 491 g/mol. The Hall–Kier alpha value is -1.99. The van der Waals surface area contributed by atoms with Crippen LogP contribution in [0.15, 0.2) is 78.2 Å². The number of halogens is 2. The van der Waals surface area contributed by atoms with Gasteiger partial charge in [-0.25, -0.2) is 4.39 Å². The fourth-order valence-corrected chi connectivity index (χ4v) is 4.82. The van der Waals surface area contributed by atoms with E-state index in [9.17, 15) is 9.18 Å². The molecule has 0 bridgehead atoms. The van der Waals surface area contributed by atoms with Gasteiger partial charge >= 0.3 is 0 Å². The van der Waals surface area contributed by atoms with E-state index in [-0.39, 0.29) is 11.7 Å². The summed E-state index contributed by atoms with van der Waals surface area (Å²) in [6.07, 6.45) is 0. The minimum atomic E-state index is -0.411. The lowest BCUT2D eigenvalue weighted by molar-refractivity contribution is 0.0691. The van der Waals surface area contributed by atoms with Crippen LogP contribution in [0.1, 0.15) is 33.8 Å². The first-order chi connectivity index (χ1) is 13.0. The Bertz CT molecular complexity index is 954. The number of hydrogen-bond donors (Lipinski definition) is 0. The first-order valence-electron chi connectivity index (χ1n) is 8.46. The molecule has 1 heterocycles. The van der Waals surface area contributed by atoms with Gasteiger partial charge in [0.1, 0.15) is 10.7 Å². The second kappa shape index (κ2) is 8.80. The highest BCUT2D eigenvalue weighted by Gasteiger charge is 2.29. The maximum absolute atomic E-state index is 13.9. The van der Waals surface area contributed by atoms with Crippen molar-refractivity contribution in [1.82, 2.24) is 4.90 Å². The zero-order valence-corrected chi connectivity index (χ0v) is 17.8. The van der Waals surface area contributed by atoms with E-state index in [1.807, 2.05) is 54.8 Å². The van der Waals surface area contributed by atoms with Gasteiger partial charge in [-0.05, 0) is 64.2 Å². The summed E-state index contributed by atoms with van der Waals surface area (Å²) >= 11 is 3.60. The molecule has 3 rings (SSSR count). The summed E-state index contributed by atoms with van der Waals surface area (Å²) in [5, 5.41) is 1.91. The third-order valence-electron chi connectivity index (χ3n) is 4.21. The summed E-state index contributed by atoms with van der Waals surface area (Å²) in [7, 11) is 0. The molecule has 3 aromatic rings. The monoisotopic (exact) mass is 491 g/mol. The van der Waals surface area contributed by atoms with Crippen LogP contribution in [0.5, 0.6) is 0 Å². The summed E-state index contributed by atoms with van der Waals surface area (Å²) in [6.45, 7) is 6.39. The lowest BCUT2D eigenvalue weighted by Crippen LogP contribution is -2.35. The number of nitrogens with zero attached hydrogens (tertiary/aromatic N) is 1. The van der Waals surface area contributed by atoms with Gasteiger partial charge in [0.15, 0.2) is 0 Å². The highest BCUT2D eigenvalue weighted by Crippen LogP contribution is 2.33. The van der Waals surface area contributed by atoms with E-state index in [2.05, 4.69) is 29.2 Å². The van der Waals surface area contributed by atoms with Crippen LogP contribution in [-0.2, 0) is 6.54 Å². The molecular formula is C22H19FINOS. The Kier molecular flexibility index (Phi) is 6.44. The Morgan fingerprint density at radius 1 is 1.19 bits per heavy atom. The van der Waals surface area contributed by atoms with Crippen molar-refractivity contribution in [2.45, 2.75) is 19.5 Å². The van der Waals surface area contributed by atoms with Gasteiger partial charge in [0, 0.05) is 10.1 Å². The summed E-state index contributed by atoms with van der Waals surface area (Å²) in [4.78, 5) is 15.9. The Balaban J connectivity index is 2.07. The Labute approximate surface area is 176 Å². The Morgan fingerprint density at radius 2 is 1.93 bits per heavy atom. The van der Waals surface area contributed by atoms with Gasteiger partial charge in [0.25, 0.3) is 5.91 Å². The van der Waals surface area contributed by atoms with E-state index in [1.165, 1.54) is 23.5 Å². The molecule has 0 aliphatic rings. The van der Waals surface area contributed by atoms with Crippen molar-refractivity contribution in [3.05, 3.63) is 104 Å². The maximum Gasteiger partial charge on any atom is 0.266 e. The molecule has 0 spiro atoms. The van der Waals surface area contributed by atoms with Crippen molar-refractivity contribution < 1.29 is 9.18 Å². The fraction of sp³-hybridized carbons (Fsp3) is 0.136. The summed E-state index contributed by atoms with van der Waals surface area (Å²) < 4.78 is 14.8. The van der Waals surface area contributed by atoms with Gasteiger partial charge in [0.05, 0.1) is 6.04 Å². The topological polar surface area (TPSA) is 20.3 Å².